The van der Waals surface area contributed by atoms with Gasteiger partial charge in [-0.05, 0) is 39.0 Å². The quantitative estimate of drug-likeness (QED) is 0.167. The first kappa shape index (κ1) is 25.7. The summed E-state index contributed by atoms with van der Waals surface area (Å²) < 4.78 is 4.82. The lowest BCUT2D eigenvalue weighted by atomic mass is 10.1. The first-order valence-corrected chi connectivity index (χ1v) is 11.3. The molecule has 158 valence electrons. The largest absolute Gasteiger partial charge is 0.466 e. The van der Waals surface area contributed by atoms with E-state index in [1.165, 1.54) is 70.6 Å². The van der Waals surface area contributed by atoms with E-state index in [1.54, 1.807) is 6.92 Å². The smallest absolute Gasteiger partial charge is 0.307 e. The highest BCUT2D eigenvalue weighted by Gasteiger charge is 2.04. The fraction of sp³-hybridized carbons (Fsp3) is 0.826. The molecule has 0 aromatic rings. The highest BCUT2D eigenvalue weighted by Crippen LogP contribution is 2.09. The van der Waals surface area contributed by atoms with Crippen molar-refractivity contribution in [3.63, 3.8) is 0 Å². The zero-order chi connectivity index (χ0) is 20.0. The van der Waals surface area contributed by atoms with Crippen LogP contribution in [0.4, 0.5) is 0 Å². The number of unbranched alkanes of at least 4 members (excludes halogenated alkanes) is 11. The molecule has 0 atom stereocenters. The number of allylic oxidation sites excluding steroid dienone is 2. The second-order valence-electron chi connectivity index (χ2n) is 7.24. The number of carbonyl (C=O) groups excluding carboxylic acids is 2. The summed E-state index contributed by atoms with van der Waals surface area (Å²) in [4.78, 5) is 22.8. The van der Waals surface area contributed by atoms with Crippen molar-refractivity contribution in [3.05, 3.63) is 12.2 Å². The van der Waals surface area contributed by atoms with E-state index in [2.05, 4.69) is 24.4 Å². The lowest BCUT2D eigenvalue weighted by Gasteiger charge is -2.05. The molecule has 0 unspecified atom stereocenters. The van der Waals surface area contributed by atoms with E-state index in [1.807, 2.05) is 0 Å². The van der Waals surface area contributed by atoms with Crippen molar-refractivity contribution < 1.29 is 14.3 Å². The Morgan fingerprint density at radius 2 is 1.30 bits per heavy atom. The Kier molecular flexibility index (Phi) is 20.0. The van der Waals surface area contributed by atoms with Crippen molar-refractivity contribution >= 4 is 11.9 Å². The van der Waals surface area contributed by atoms with E-state index in [4.69, 9.17) is 4.74 Å². The molecule has 0 aromatic carbocycles. The molecule has 0 aliphatic heterocycles. The molecule has 27 heavy (non-hydrogen) atoms. The normalized spacial score (nSPS) is 11.0. The predicted molar refractivity (Wildman–Crippen MR) is 114 cm³/mol. The van der Waals surface area contributed by atoms with E-state index in [-0.39, 0.29) is 18.3 Å². The number of ether oxygens (including phenoxy) is 1. The van der Waals surface area contributed by atoms with E-state index in [9.17, 15) is 9.59 Å². The van der Waals surface area contributed by atoms with Crippen LogP contribution in [-0.4, -0.2) is 25.0 Å². The van der Waals surface area contributed by atoms with Gasteiger partial charge < -0.3 is 10.1 Å². The van der Waals surface area contributed by atoms with Gasteiger partial charge in [-0.15, -0.1) is 0 Å². The molecular weight excluding hydrogens is 338 g/mol. The lowest BCUT2D eigenvalue weighted by Crippen LogP contribution is -2.26. The summed E-state index contributed by atoms with van der Waals surface area (Å²) in [6.45, 7) is 4.81. The van der Waals surface area contributed by atoms with Gasteiger partial charge in [0.2, 0.25) is 5.91 Å². The van der Waals surface area contributed by atoms with Crippen molar-refractivity contribution in [1.82, 2.24) is 5.32 Å². The van der Waals surface area contributed by atoms with Gasteiger partial charge in [0.15, 0.2) is 0 Å². The molecule has 0 radical (unpaired) electrons. The van der Waals surface area contributed by atoms with E-state index >= 15 is 0 Å². The first-order valence-electron chi connectivity index (χ1n) is 11.3. The maximum atomic E-state index is 11.6. The molecule has 0 aliphatic carbocycles. The molecule has 0 spiro atoms. The van der Waals surface area contributed by atoms with Crippen molar-refractivity contribution in [2.45, 2.75) is 110 Å². The van der Waals surface area contributed by atoms with Gasteiger partial charge in [-0.1, -0.05) is 70.4 Å². The summed E-state index contributed by atoms with van der Waals surface area (Å²) in [6.07, 6.45) is 21.8. The molecule has 0 fully saturated rings. The molecule has 0 heterocycles. The predicted octanol–water partition coefficient (Wildman–Crippen LogP) is 6.09. The molecule has 0 rings (SSSR count). The Morgan fingerprint density at radius 3 is 1.89 bits per heavy atom. The SMILES string of the molecule is CCCCCCCC/C=C\CCCCCCCC(=O)NCCC(=O)OCC. The summed E-state index contributed by atoms with van der Waals surface area (Å²) in [7, 11) is 0. The Balaban J connectivity index is 3.26. The maximum Gasteiger partial charge on any atom is 0.307 e. The molecule has 0 bridgehead atoms. The highest BCUT2D eigenvalue weighted by molar-refractivity contribution is 5.76. The molecular formula is C23H43NO3. The van der Waals surface area contributed by atoms with Gasteiger partial charge in [0, 0.05) is 13.0 Å². The molecule has 4 nitrogen and oxygen atoms in total. The van der Waals surface area contributed by atoms with E-state index < -0.39 is 0 Å². The second kappa shape index (κ2) is 21.0. The van der Waals surface area contributed by atoms with Crippen LogP contribution in [0.2, 0.25) is 0 Å². The van der Waals surface area contributed by atoms with Gasteiger partial charge in [0.1, 0.15) is 0 Å². The summed E-state index contributed by atoms with van der Waals surface area (Å²) in [6, 6.07) is 0. The second-order valence-corrected chi connectivity index (χ2v) is 7.24. The molecule has 1 N–H and O–H groups in total. The van der Waals surface area contributed by atoms with Crippen LogP contribution in [0.25, 0.3) is 0 Å². The van der Waals surface area contributed by atoms with Crippen molar-refractivity contribution in [2.24, 2.45) is 0 Å². The standard InChI is InChI=1S/C23H43NO3/c1-3-5-6-7-8-9-10-11-12-13-14-15-16-17-18-19-22(25)24-21-20-23(26)27-4-2/h11-12H,3-10,13-21H2,1-2H3,(H,24,25)/b12-11-. The summed E-state index contributed by atoms with van der Waals surface area (Å²) >= 11 is 0. The third kappa shape index (κ3) is 20.8. The third-order valence-electron chi connectivity index (χ3n) is 4.62. The first-order chi connectivity index (χ1) is 13.2. The minimum atomic E-state index is -0.251. The van der Waals surface area contributed by atoms with Gasteiger partial charge in [-0.3, -0.25) is 9.59 Å². The van der Waals surface area contributed by atoms with E-state index in [0.29, 0.717) is 19.6 Å². The molecule has 0 aromatic heterocycles. The average molecular weight is 382 g/mol. The monoisotopic (exact) mass is 381 g/mol. The number of esters is 1. The summed E-state index contributed by atoms with van der Waals surface area (Å²) in [5, 5.41) is 2.77. The van der Waals surface area contributed by atoms with Crippen LogP contribution < -0.4 is 5.32 Å². The van der Waals surface area contributed by atoms with Crippen molar-refractivity contribution in [1.29, 1.82) is 0 Å². The van der Waals surface area contributed by atoms with Crippen LogP contribution in [0.1, 0.15) is 110 Å². The Bertz CT molecular complexity index is 380. The van der Waals surface area contributed by atoms with Crippen LogP contribution in [0.15, 0.2) is 12.2 Å². The number of carbonyl (C=O) groups is 2. The van der Waals surface area contributed by atoms with Crippen molar-refractivity contribution in [3.8, 4) is 0 Å². The van der Waals surface area contributed by atoms with Gasteiger partial charge in [0.05, 0.1) is 13.0 Å². The average Bonchev–Trinajstić information content (AvgIpc) is 2.65. The fourth-order valence-electron chi connectivity index (χ4n) is 2.98. The van der Waals surface area contributed by atoms with Gasteiger partial charge in [-0.2, -0.15) is 0 Å². The minimum Gasteiger partial charge on any atom is -0.466 e. The highest BCUT2D eigenvalue weighted by atomic mass is 16.5. The number of hydrogen-bond acceptors (Lipinski definition) is 3. The molecule has 1 amide bonds. The van der Waals surface area contributed by atoms with Crippen LogP contribution in [0.5, 0.6) is 0 Å². The fourth-order valence-corrected chi connectivity index (χ4v) is 2.98. The summed E-state index contributed by atoms with van der Waals surface area (Å²) in [5.74, 6) is -0.212. The Labute approximate surface area is 167 Å². The van der Waals surface area contributed by atoms with Gasteiger partial charge >= 0.3 is 5.97 Å². The number of hydrogen-bond donors (Lipinski definition) is 1. The molecule has 4 heteroatoms. The molecule has 0 saturated heterocycles. The van der Waals surface area contributed by atoms with Crippen LogP contribution >= 0.6 is 0 Å². The third-order valence-corrected chi connectivity index (χ3v) is 4.62. The van der Waals surface area contributed by atoms with Gasteiger partial charge in [-0.25, -0.2) is 0 Å². The zero-order valence-corrected chi connectivity index (χ0v) is 17.9. The van der Waals surface area contributed by atoms with E-state index in [0.717, 1.165) is 12.8 Å². The minimum absolute atomic E-state index is 0.0388. The Hall–Kier alpha value is -1.32. The van der Waals surface area contributed by atoms with Crippen LogP contribution in [-0.2, 0) is 14.3 Å². The van der Waals surface area contributed by atoms with Crippen LogP contribution in [0, 0.1) is 0 Å². The number of rotatable bonds is 19. The van der Waals surface area contributed by atoms with Crippen molar-refractivity contribution in [2.75, 3.05) is 13.2 Å². The van der Waals surface area contributed by atoms with Gasteiger partial charge in [0.25, 0.3) is 0 Å². The number of amides is 1. The lowest BCUT2D eigenvalue weighted by molar-refractivity contribution is -0.143. The summed E-state index contributed by atoms with van der Waals surface area (Å²) in [5.41, 5.74) is 0. The number of nitrogens with one attached hydrogen (secondary N) is 1. The molecule has 0 aliphatic rings. The van der Waals surface area contributed by atoms with Crippen LogP contribution in [0.3, 0.4) is 0 Å². The maximum absolute atomic E-state index is 11.6. The molecule has 0 saturated carbocycles. The Morgan fingerprint density at radius 1 is 0.741 bits per heavy atom. The zero-order valence-electron chi connectivity index (χ0n) is 17.9. The topological polar surface area (TPSA) is 55.4 Å².